The second-order valence-electron chi connectivity index (χ2n) is 2.09. The van der Waals surface area contributed by atoms with E-state index in [1.165, 1.54) is 0 Å². The summed E-state index contributed by atoms with van der Waals surface area (Å²) in [6, 6.07) is 9.59. The Morgan fingerprint density at radius 1 is 1.22 bits per heavy atom. The molecule has 0 bridgehead atoms. The van der Waals surface area contributed by atoms with Gasteiger partial charge < -0.3 is 5.11 Å². The number of aliphatic hydroxyl groups excluding tert-OH is 1. The zero-order chi connectivity index (χ0) is 6.69. The van der Waals surface area contributed by atoms with Gasteiger partial charge in [0.15, 0.2) is 0 Å². The van der Waals surface area contributed by atoms with Gasteiger partial charge in [-0.15, -0.1) is 0 Å². The summed E-state index contributed by atoms with van der Waals surface area (Å²) in [5.74, 6) is 0. The summed E-state index contributed by atoms with van der Waals surface area (Å²) in [4.78, 5) is 0. The first kappa shape index (κ1) is 6.30. The molecule has 0 saturated carbocycles. The Labute approximate surface area is 55.0 Å². The summed E-state index contributed by atoms with van der Waals surface area (Å²) >= 11 is 0. The van der Waals surface area contributed by atoms with Crippen molar-refractivity contribution in [2.45, 2.75) is 13.0 Å². The highest BCUT2D eigenvalue weighted by atomic mass is 16.3. The molecule has 0 fully saturated rings. The van der Waals surface area contributed by atoms with E-state index in [-0.39, 0.29) is 6.10 Å². The molecule has 1 heteroatoms. The van der Waals surface area contributed by atoms with Crippen molar-refractivity contribution in [1.82, 2.24) is 0 Å². The van der Waals surface area contributed by atoms with Crippen molar-refractivity contribution in [3.63, 3.8) is 0 Å². The van der Waals surface area contributed by atoms with Crippen LogP contribution in [0.3, 0.4) is 0 Å². The molecule has 0 aliphatic rings. The predicted molar refractivity (Wildman–Crippen MR) is 37.1 cm³/mol. The molecule has 0 saturated heterocycles. The summed E-state index contributed by atoms with van der Waals surface area (Å²) in [6.07, 6.45) is -0.341. The lowest BCUT2D eigenvalue weighted by Gasteiger charge is -2.00. The average Bonchev–Trinajstić information content (AvgIpc) is 1.90. The van der Waals surface area contributed by atoms with Gasteiger partial charge in [-0.1, -0.05) is 30.3 Å². The minimum Gasteiger partial charge on any atom is -0.389 e. The van der Waals surface area contributed by atoms with Gasteiger partial charge in [0.25, 0.3) is 0 Å². The summed E-state index contributed by atoms with van der Waals surface area (Å²) in [5.41, 5.74) is 0.970. The van der Waals surface area contributed by atoms with Crippen molar-refractivity contribution in [2.75, 3.05) is 0 Å². The van der Waals surface area contributed by atoms with Crippen LogP contribution in [-0.2, 0) is 0 Å². The van der Waals surface area contributed by atoms with Crippen LogP contribution in [0.25, 0.3) is 0 Å². The third-order valence-corrected chi connectivity index (χ3v) is 1.28. The third kappa shape index (κ3) is 1.54. The van der Waals surface area contributed by atoms with E-state index < -0.39 is 0 Å². The summed E-state index contributed by atoms with van der Waals surface area (Å²) in [6.45, 7) is 1.76. The maximum Gasteiger partial charge on any atom is 0.0761 e. The molecule has 1 nitrogen and oxygen atoms in total. The lowest BCUT2D eigenvalue weighted by Crippen LogP contribution is -1.87. The van der Waals surface area contributed by atoms with Crippen LogP contribution < -0.4 is 0 Å². The Morgan fingerprint density at radius 3 is 2.11 bits per heavy atom. The van der Waals surface area contributed by atoms with Crippen LogP contribution >= 0.6 is 0 Å². The second-order valence-corrected chi connectivity index (χ2v) is 2.09. The molecule has 1 N–H and O–H groups in total. The van der Waals surface area contributed by atoms with E-state index in [0.717, 1.165) is 5.56 Å². The fourth-order valence-electron chi connectivity index (χ4n) is 0.732. The van der Waals surface area contributed by atoms with Crippen molar-refractivity contribution in [3.8, 4) is 0 Å². The summed E-state index contributed by atoms with van der Waals surface area (Å²) in [7, 11) is 0. The van der Waals surface area contributed by atoms with Gasteiger partial charge in [0.05, 0.1) is 6.10 Å². The van der Waals surface area contributed by atoms with Crippen molar-refractivity contribution in [1.29, 1.82) is 0 Å². The van der Waals surface area contributed by atoms with Crippen LogP contribution in [0.2, 0.25) is 0 Å². The SMILES string of the molecule is CC(O)[14c]1[14cH][14cH][14cH][14cH][14cH]1. The monoisotopic (exact) mass is 134 g/mol. The van der Waals surface area contributed by atoms with E-state index in [1.54, 1.807) is 6.92 Å². The topological polar surface area (TPSA) is 20.2 Å². The minimum absolute atomic E-state index is 0.341. The Balaban J connectivity index is 2.85. The van der Waals surface area contributed by atoms with Crippen LogP contribution in [0.1, 0.15) is 18.6 Å². The Morgan fingerprint density at radius 2 is 1.78 bits per heavy atom. The quantitative estimate of drug-likeness (QED) is 0.620. The van der Waals surface area contributed by atoms with E-state index in [0.29, 0.717) is 0 Å². The van der Waals surface area contributed by atoms with Crippen LogP contribution in [0.5, 0.6) is 0 Å². The molecule has 9 heavy (non-hydrogen) atoms. The molecular weight excluding hydrogens is 124 g/mol. The first-order chi connectivity index (χ1) is 4.30. The van der Waals surface area contributed by atoms with Crippen molar-refractivity contribution < 1.29 is 5.11 Å². The average molecular weight is 134 g/mol. The third-order valence-electron chi connectivity index (χ3n) is 1.28. The van der Waals surface area contributed by atoms with Gasteiger partial charge in [-0.25, -0.2) is 0 Å². The van der Waals surface area contributed by atoms with E-state index in [1.807, 2.05) is 30.3 Å². The molecule has 1 aromatic rings. The van der Waals surface area contributed by atoms with Crippen LogP contribution in [0.15, 0.2) is 30.3 Å². The molecule has 0 heterocycles. The van der Waals surface area contributed by atoms with Crippen molar-refractivity contribution in [3.05, 3.63) is 35.9 Å². The van der Waals surface area contributed by atoms with E-state index in [2.05, 4.69) is 0 Å². The number of benzene rings is 1. The van der Waals surface area contributed by atoms with Crippen LogP contribution in [0, 0.1) is 0 Å². The predicted octanol–water partition coefficient (Wildman–Crippen LogP) is 1.74. The highest BCUT2D eigenvalue weighted by Gasteiger charge is 1.95. The molecule has 0 amide bonds. The van der Waals surface area contributed by atoms with Crippen LogP contribution in [0.4, 0.5) is 0 Å². The molecule has 1 atom stereocenters. The summed E-state index contributed by atoms with van der Waals surface area (Å²) < 4.78 is 0. The normalized spacial score (nSPS) is 13.1. The molecule has 1 rings (SSSR count). The minimum atomic E-state index is -0.341. The van der Waals surface area contributed by atoms with Crippen LogP contribution in [-0.4, -0.2) is 5.11 Å². The van der Waals surface area contributed by atoms with Crippen molar-refractivity contribution in [2.24, 2.45) is 0 Å². The van der Waals surface area contributed by atoms with Gasteiger partial charge in [-0.2, -0.15) is 0 Å². The van der Waals surface area contributed by atoms with Gasteiger partial charge in [0, 0.05) is 0 Å². The molecule has 1 aromatic carbocycles. The maximum absolute atomic E-state index is 9.02. The fraction of sp³-hybridized carbons (Fsp3) is 0.250. The molecule has 0 aliphatic heterocycles. The van der Waals surface area contributed by atoms with E-state index in [4.69, 9.17) is 5.11 Å². The molecule has 0 aliphatic carbocycles. The number of hydrogen-bond acceptors (Lipinski definition) is 1. The molecule has 0 aromatic heterocycles. The summed E-state index contributed by atoms with van der Waals surface area (Å²) in [5, 5.41) is 9.02. The van der Waals surface area contributed by atoms with Gasteiger partial charge in [0.2, 0.25) is 0 Å². The second kappa shape index (κ2) is 2.65. The zero-order valence-corrected chi connectivity index (χ0v) is 5.41. The Hall–Kier alpha value is -0.820. The van der Waals surface area contributed by atoms with E-state index in [9.17, 15) is 0 Å². The lowest BCUT2D eigenvalue weighted by atomic mass is 10.7. The van der Waals surface area contributed by atoms with Gasteiger partial charge in [-0.3, -0.25) is 0 Å². The lowest BCUT2D eigenvalue weighted by molar-refractivity contribution is 0.199. The van der Waals surface area contributed by atoms with E-state index >= 15 is 0 Å². The molecule has 0 radical (unpaired) electrons. The Bertz CT molecular complexity index is 167. The number of aliphatic hydroxyl groups is 1. The standard InChI is InChI=1S/C8H10O/c1-7(9)8-5-3-2-4-6-8/h2-7,9H,1H3/i2+2,3+2,4+2,5+2,6+2,8+2. The number of hydrogen-bond donors (Lipinski definition) is 1. The highest BCUT2D eigenvalue weighted by molar-refractivity contribution is 5.16. The van der Waals surface area contributed by atoms with Gasteiger partial charge in [0.1, 0.15) is 0 Å². The van der Waals surface area contributed by atoms with Gasteiger partial charge in [-0.05, 0) is 12.5 Å². The van der Waals surface area contributed by atoms with Crippen molar-refractivity contribution >= 4 is 0 Å². The molecular formula is C8H10O. The first-order valence-electron chi connectivity index (χ1n) is 3.03. The molecule has 48 valence electrons. The molecule has 1 unspecified atom stereocenters. The zero-order valence-electron chi connectivity index (χ0n) is 5.41. The smallest absolute Gasteiger partial charge is 0.0761 e. The number of rotatable bonds is 1. The van der Waals surface area contributed by atoms with Gasteiger partial charge >= 0.3 is 0 Å². The Kier molecular flexibility index (Phi) is 1.85. The highest BCUT2D eigenvalue weighted by Crippen LogP contribution is 2.08. The largest absolute Gasteiger partial charge is 0.389 e. The maximum atomic E-state index is 9.02. The first-order valence-corrected chi connectivity index (χ1v) is 3.03. The molecule has 0 spiro atoms. The fourth-order valence-corrected chi connectivity index (χ4v) is 0.732.